The molecular weight excluding hydrogens is 411 g/mol. The number of carbonyl (C=O) groups excluding carboxylic acids is 2. The van der Waals surface area contributed by atoms with Gasteiger partial charge in [-0.1, -0.05) is 18.0 Å². The fraction of sp³-hybridized carbons (Fsp3) is 0.476. The zero-order valence-corrected chi connectivity index (χ0v) is 17.6. The van der Waals surface area contributed by atoms with Gasteiger partial charge in [0.05, 0.1) is 16.9 Å². The minimum Gasteiger partial charge on any atom is -0.461 e. The normalized spacial score (nSPS) is 15.6. The molecule has 1 atom stereocenters. The highest BCUT2D eigenvalue weighted by atomic mass is 35.5. The van der Waals surface area contributed by atoms with E-state index in [0.717, 1.165) is 38.2 Å². The van der Waals surface area contributed by atoms with E-state index in [1.54, 1.807) is 4.68 Å². The minimum atomic E-state index is -0.986. The van der Waals surface area contributed by atoms with E-state index in [4.69, 9.17) is 22.1 Å². The molecule has 3 rings (SSSR count). The highest BCUT2D eigenvalue weighted by Gasteiger charge is 2.23. The fourth-order valence-corrected chi connectivity index (χ4v) is 3.82. The molecular formula is C21H26ClFN4O3. The number of aryl methyl sites for hydroxylation is 1. The van der Waals surface area contributed by atoms with Crippen molar-refractivity contribution < 1.29 is 18.7 Å². The number of carbonyl (C=O) groups is 2. The number of halogens is 2. The average Bonchev–Trinajstić information content (AvgIpc) is 3.12. The first kappa shape index (κ1) is 22.2. The largest absolute Gasteiger partial charge is 0.461 e. The monoisotopic (exact) mass is 436 g/mol. The molecule has 1 saturated carbocycles. The van der Waals surface area contributed by atoms with Gasteiger partial charge in [0.1, 0.15) is 18.0 Å². The summed E-state index contributed by atoms with van der Waals surface area (Å²) in [6.07, 6.45) is 6.27. The van der Waals surface area contributed by atoms with Crippen molar-refractivity contribution in [3.8, 4) is 11.3 Å². The Morgan fingerprint density at radius 2 is 2.07 bits per heavy atom. The zero-order chi connectivity index (χ0) is 21.7. The van der Waals surface area contributed by atoms with Crippen LogP contribution in [0.25, 0.3) is 11.3 Å². The summed E-state index contributed by atoms with van der Waals surface area (Å²) < 4.78 is 21.2. The molecule has 0 radical (unpaired) electrons. The maximum absolute atomic E-state index is 14.2. The number of esters is 1. The molecule has 1 fully saturated rings. The summed E-state index contributed by atoms with van der Waals surface area (Å²) in [7, 11) is 0. The van der Waals surface area contributed by atoms with E-state index >= 15 is 0 Å². The third kappa shape index (κ3) is 5.37. The Kier molecular flexibility index (Phi) is 7.44. The van der Waals surface area contributed by atoms with Crippen LogP contribution in [0.4, 0.5) is 4.39 Å². The highest BCUT2D eigenvalue weighted by Crippen LogP contribution is 2.29. The van der Waals surface area contributed by atoms with E-state index in [1.165, 1.54) is 18.3 Å². The maximum Gasteiger partial charge on any atom is 0.325 e. The third-order valence-electron chi connectivity index (χ3n) is 5.15. The summed E-state index contributed by atoms with van der Waals surface area (Å²) in [4.78, 5) is 24.7. The molecule has 1 aromatic heterocycles. The number of nitrogens with one attached hydrogen (secondary N) is 1. The summed E-state index contributed by atoms with van der Waals surface area (Å²) in [5.41, 5.74) is 6.92. The maximum atomic E-state index is 14.2. The van der Waals surface area contributed by atoms with Gasteiger partial charge in [0, 0.05) is 24.2 Å². The predicted octanol–water partition coefficient (Wildman–Crippen LogP) is 3.30. The van der Waals surface area contributed by atoms with Crippen molar-refractivity contribution in [2.24, 2.45) is 5.73 Å². The lowest BCUT2D eigenvalue weighted by molar-refractivity contribution is -0.151. The second-order valence-electron chi connectivity index (χ2n) is 7.40. The molecule has 30 heavy (non-hydrogen) atoms. The summed E-state index contributed by atoms with van der Waals surface area (Å²) >= 11 is 6.19. The van der Waals surface area contributed by atoms with Gasteiger partial charge in [0.15, 0.2) is 0 Å². The van der Waals surface area contributed by atoms with Crippen LogP contribution in [-0.2, 0) is 16.1 Å². The molecule has 1 amide bonds. The Balaban J connectivity index is 1.64. The van der Waals surface area contributed by atoms with Crippen molar-refractivity contribution >= 4 is 23.5 Å². The summed E-state index contributed by atoms with van der Waals surface area (Å²) in [6.45, 7) is 2.31. The van der Waals surface area contributed by atoms with Crippen molar-refractivity contribution in [2.75, 3.05) is 6.54 Å². The number of nitrogens with zero attached hydrogens (tertiary/aromatic N) is 2. The van der Waals surface area contributed by atoms with Crippen molar-refractivity contribution in [1.82, 2.24) is 15.1 Å². The zero-order valence-electron chi connectivity index (χ0n) is 16.9. The van der Waals surface area contributed by atoms with Gasteiger partial charge in [-0.05, 0) is 50.8 Å². The molecule has 0 aliphatic heterocycles. The Labute approximate surface area is 179 Å². The summed E-state index contributed by atoms with van der Waals surface area (Å²) in [5, 5.41) is 7.07. The van der Waals surface area contributed by atoms with E-state index in [2.05, 4.69) is 10.4 Å². The SMILES string of the molecule is CCn1ncc(Cl)c1-c1cc(F)cc(C(=O)NC[C@@H](N)C(=O)OC2CCCCC2)c1. The Hall–Kier alpha value is -2.45. The standard InChI is InChI=1S/C21H26ClFN4O3/c1-2-27-19(17(22)11-26-27)13-8-14(10-15(23)9-13)20(28)25-12-18(24)21(29)30-16-6-4-3-5-7-16/h8-11,16,18H,2-7,12,24H2,1H3,(H,25,28)/t18-/m1/s1. The van der Waals surface area contributed by atoms with Gasteiger partial charge in [-0.25, -0.2) is 4.39 Å². The lowest BCUT2D eigenvalue weighted by Gasteiger charge is -2.23. The molecule has 1 aromatic carbocycles. The smallest absolute Gasteiger partial charge is 0.325 e. The van der Waals surface area contributed by atoms with Crippen molar-refractivity contribution in [3.63, 3.8) is 0 Å². The fourth-order valence-electron chi connectivity index (χ4n) is 3.57. The van der Waals surface area contributed by atoms with Crippen LogP contribution in [0.2, 0.25) is 5.02 Å². The first-order valence-corrected chi connectivity index (χ1v) is 10.5. The number of rotatable bonds is 7. The van der Waals surface area contributed by atoms with Crippen molar-refractivity contribution in [3.05, 3.63) is 40.8 Å². The first-order valence-electron chi connectivity index (χ1n) is 10.2. The van der Waals surface area contributed by atoms with Gasteiger partial charge in [0.25, 0.3) is 5.91 Å². The number of nitrogens with two attached hydrogens (primary N) is 1. The molecule has 9 heteroatoms. The molecule has 0 saturated heterocycles. The number of hydrogen-bond acceptors (Lipinski definition) is 5. The van der Waals surface area contributed by atoms with Crippen LogP contribution in [0, 0.1) is 5.82 Å². The molecule has 0 spiro atoms. The van der Waals surface area contributed by atoms with Crippen molar-refractivity contribution in [1.29, 1.82) is 0 Å². The number of hydrogen-bond donors (Lipinski definition) is 2. The van der Waals surface area contributed by atoms with Gasteiger partial charge in [0.2, 0.25) is 0 Å². The molecule has 7 nitrogen and oxygen atoms in total. The summed E-state index contributed by atoms with van der Waals surface area (Å²) in [6, 6.07) is 2.95. The van der Waals surface area contributed by atoms with Crippen LogP contribution in [0.1, 0.15) is 49.4 Å². The number of benzene rings is 1. The van der Waals surface area contributed by atoms with Crippen LogP contribution in [-0.4, -0.2) is 40.3 Å². The van der Waals surface area contributed by atoms with Crippen LogP contribution in [0.5, 0.6) is 0 Å². The molecule has 2 aromatic rings. The number of ether oxygens (including phenoxy) is 1. The van der Waals surface area contributed by atoms with E-state index in [-0.39, 0.29) is 18.2 Å². The van der Waals surface area contributed by atoms with Crippen LogP contribution in [0.3, 0.4) is 0 Å². The van der Waals surface area contributed by atoms with Crippen LogP contribution in [0.15, 0.2) is 24.4 Å². The number of aromatic nitrogens is 2. The second kappa shape index (κ2) is 10.0. The molecule has 1 heterocycles. The van der Waals surface area contributed by atoms with Gasteiger partial charge in [-0.15, -0.1) is 0 Å². The molecule has 0 bridgehead atoms. The molecule has 1 aliphatic carbocycles. The van der Waals surface area contributed by atoms with E-state index in [9.17, 15) is 14.0 Å². The molecule has 162 valence electrons. The topological polar surface area (TPSA) is 99.2 Å². The van der Waals surface area contributed by atoms with E-state index in [0.29, 0.717) is 22.8 Å². The second-order valence-corrected chi connectivity index (χ2v) is 7.81. The first-order chi connectivity index (χ1) is 14.4. The Morgan fingerprint density at radius 1 is 1.33 bits per heavy atom. The summed E-state index contributed by atoms with van der Waals surface area (Å²) in [5.74, 6) is -1.67. The lowest BCUT2D eigenvalue weighted by Crippen LogP contribution is -2.44. The quantitative estimate of drug-likeness (QED) is 0.649. The Morgan fingerprint density at radius 3 is 2.77 bits per heavy atom. The number of amides is 1. The van der Waals surface area contributed by atoms with Gasteiger partial charge >= 0.3 is 5.97 Å². The molecule has 1 aliphatic rings. The molecule has 3 N–H and O–H groups in total. The third-order valence-corrected chi connectivity index (χ3v) is 5.42. The Bertz CT molecular complexity index is 912. The van der Waals surface area contributed by atoms with Gasteiger partial charge in [-0.3, -0.25) is 14.3 Å². The van der Waals surface area contributed by atoms with Crippen molar-refractivity contribution in [2.45, 2.75) is 57.7 Å². The average molecular weight is 437 g/mol. The predicted molar refractivity (Wildman–Crippen MR) is 112 cm³/mol. The van der Waals surface area contributed by atoms with Crippen LogP contribution >= 0.6 is 11.6 Å². The molecule has 0 unspecified atom stereocenters. The highest BCUT2D eigenvalue weighted by molar-refractivity contribution is 6.33. The van der Waals surface area contributed by atoms with Gasteiger partial charge < -0.3 is 15.8 Å². The van der Waals surface area contributed by atoms with E-state index < -0.39 is 23.7 Å². The lowest BCUT2D eigenvalue weighted by atomic mass is 9.98. The van der Waals surface area contributed by atoms with Crippen LogP contribution < -0.4 is 11.1 Å². The van der Waals surface area contributed by atoms with Gasteiger partial charge in [-0.2, -0.15) is 5.10 Å². The minimum absolute atomic E-state index is 0.0952. The van der Waals surface area contributed by atoms with E-state index in [1.807, 2.05) is 6.92 Å².